The topological polar surface area (TPSA) is 119 Å². The summed E-state index contributed by atoms with van der Waals surface area (Å²) in [4.78, 5) is 25.9. The smallest absolute Gasteiger partial charge is 0.331 e. The minimum atomic E-state index is -1.18. The molecule has 3 rings (SSSR count). The molecule has 1 aromatic carbocycles. The van der Waals surface area contributed by atoms with Gasteiger partial charge in [-0.2, -0.15) is 0 Å². The lowest BCUT2D eigenvalue weighted by atomic mass is 9.64. The van der Waals surface area contributed by atoms with E-state index >= 15 is 0 Å². The number of carbonyl (C=O) groups is 1. The zero-order chi connectivity index (χ0) is 20.5. The number of carboxylic acids is 1. The fraction of sp³-hybridized carbons (Fsp3) is 0.550. The molecule has 0 saturated heterocycles. The van der Waals surface area contributed by atoms with Crippen LogP contribution in [-0.4, -0.2) is 39.1 Å². The van der Waals surface area contributed by atoms with Crippen LogP contribution in [0.4, 0.5) is 0 Å². The number of unbranched alkanes of at least 4 members (excludes halogenated alkanes) is 1. The van der Waals surface area contributed by atoms with Crippen molar-refractivity contribution in [3.8, 4) is 5.75 Å². The minimum Gasteiger partial charge on any atom is -0.485 e. The zero-order valence-electron chi connectivity index (χ0n) is 16.0. The minimum absolute atomic E-state index is 0.0688. The average molecular weight is 391 g/mol. The molecular formula is C20H25NO7. The second kappa shape index (κ2) is 7.43. The van der Waals surface area contributed by atoms with Crippen LogP contribution in [0.2, 0.25) is 0 Å². The standard InChI is InChI=1S/C20H25NO7/c1-19(2)20(24)9-8-14(18(22)23)12-16(20)15-7-6-13(11-17(15)28-19)5-3-4-10-27-21(25)26/h6-7,11-12,16,24H,3-5,8-10H2,1-2H3,(H,22,23)/t16-,20-/m1/s1. The molecule has 1 aliphatic heterocycles. The van der Waals surface area contributed by atoms with Crippen LogP contribution in [0.3, 0.4) is 0 Å². The van der Waals surface area contributed by atoms with Crippen molar-refractivity contribution in [2.75, 3.05) is 6.61 Å². The summed E-state index contributed by atoms with van der Waals surface area (Å²) < 4.78 is 6.15. The second-order valence-electron chi connectivity index (χ2n) is 7.90. The third kappa shape index (κ3) is 3.69. The number of fused-ring (bicyclic) bond motifs is 3. The molecule has 2 atom stereocenters. The molecule has 28 heavy (non-hydrogen) atoms. The Hall–Kier alpha value is -2.61. The van der Waals surface area contributed by atoms with E-state index in [-0.39, 0.29) is 6.61 Å². The Kier molecular flexibility index (Phi) is 5.34. The summed E-state index contributed by atoms with van der Waals surface area (Å²) in [6, 6.07) is 5.72. The summed E-state index contributed by atoms with van der Waals surface area (Å²) in [5.74, 6) is -0.767. The molecule has 152 valence electrons. The lowest BCUT2D eigenvalue weighted by molar-refractivity contribution is -0.757. The first-order chi connectivity index (χ1) is 13.1. The van der Waals surface area contributed by atoms with E-state index in [1.807, 2.05) is 32.0 Å². The summed E-state index contributed by atoms with van der Waals surface area (Å²) in [6.07, 6.45) is 4.28. The number of rotatable bonds is 7. The van der Waals surface area contributed by atoms with E-state index in [9.17, 15) is 25.1 Å². The van der Waals surface area contributed by atoms with Crippen molar-refractivity contribution in [2.45, 2.75) is 63.1 Å². The highest BCUT2D eigenvalue weighted by Gasteiger charge is 2.56. The lowest BCUT2D eigenvalue weighted by Crippen LogP contribution is -2.60. The molecule has 1 aromatic rings. The molecule has 1 heterocycles. The molecule has 1 aliphatic carbocycles. The summed E-state index contributed by atoms with van der Waals surface area (Å²) in [6.45, 7) is 3.72. The highest BCUT2D eigenvalue weighted by atomic mass is 16.9. The van der Waals surface area contributed by atoms with E-state index in [0.29, 0.717) is 37.0 Å². The number of aliphatic hydroxyl groups is 1. The molecule has 0 aromatic heterocycles. The van der Waals surface area contributed by atoms with Gasteiger partial charge in [-0.05, 0) is 57.6 Å². The maximum absolute atomic E-state index is 11.4. The third-order valence-electron chi connectivity index (χ3n) is 5.81. The Balaban J connectivity index is 1.82. The van der Waals surface area contributed by atoms with Crippen LogP contribution in [0.1, 0.15) is 56.6 Å². The van der Waals surface area contributed by atoms with Crippen LogP contribution >= 0.6 is 0 Å². The number of hydrogen-bond acceptors (Lipinski definition) is 6. The van der Waals surface area contributed by atoms with Gasteiger partial charge < -0.3 is 19.8 Å². The molecule has 2 aliphatic rings. The molecule has 0 saturated carbocycles. The Bertz CT molecular complexity index is 817. The quantitative estimate of drug-likeness (QED) is 0.416. The van der Waals surface area contributed by atoms with Gasteiger partial charge in [-0.3, -0.25) is 0 Å². The molecule has 8 heteroatoms. The van der Waals surface area contributed by atoms with Gasteiger partial charge in [0.2, 0.25) is 0 Å². The van der Waals surface area contributed by atoms with E-state index in [2.05, 4.69) is 4.84 Å². The largest absolute Gasteiger partial charge is 0.485 e. The molecule has 0 radical (unpaired) electrons. The van der Waals surface area contributed by atoms with E-state index < -0.39 is 28.2 Å². The van der Waals surface area contributed by atoms with Crippen molar-refractivity contribution >= 4 is 5.97 Å². The molecular weight excluding hydrogens is 366 g/mol. The summed E-state index contributed by atoms with van der Waals surface area (Å²) in [7, 11) is 0. The Morgan fingerprint density at radius 3 is 2.82 bits per heavy atom. The number of nitrogens with zero attached hydrogens (tertiary/aromatic N) is 1. The summed E-state index contributed by atoms with van der Waals surface area (Å²) in [5, 5.41) is 30.1. The van der Waals surface area contributed by atoms with Crippen molar-refractivity contribution in [3.63, 3.8) is 0 Å². The zero-order valence-corrected chi connectivity index (χ0v) is 16.0. The molecule has 0 amide bonds. The number of ether oxygens (including phenoxy) is 1. The van der Waals surface area contributed by atoms with Crippen LogP contribution in [0, 0.1) is 10.1 Å². The van der Waals surface area contributed by atoms with Gasteiger partial charge in [0.25, 0.3) is 5.09 Å². The normalized spacial score (nSPS) is 25.0. The van der Waals surface area contributed by atoms with Gasteiger partial charge >= 0.3 is 5.97 Å². The van der Waals surface area contributed by atoms with Crippen molar-refractivity contribution in [3.05, 3.63) is 51.1 Å². The average Bonchev–Trinajstić information content (AvgIpc) is 2.61. The van der Waals surface area contributed by atoms with Crippen LogP contribution in [0.15, 0.2) is 29.8 Å². The first-order valence-electron chi connectivity index (χ1n) is 9.39. The molecule has 8 nitrogen and oxygen atoms in total. The van der Waals surface area contributed by atoms with E-state index in [1.54, 1.807) is 6.08 Å². The fourth-order valence-corrected chi connectivity index (χ4v) is 4.12. The Morgan fingerprint density at radius 2 is 2.14 bits per heavy atom. The second-order valence-corrected chi connectivity index (χ2v) is 7.90. The molecule has 2 N–H and O–H groups in total. The van der Waals surface area contributed by atoms with Gasteiger partial charge in [-0.1, -0.05) is 18.2 Å². The Morgan fingerprint density at radius 1 is 1.39 bits per heavy atom. The number of benzene rings is 1. The van der Waals surface area contributed by atoms with Gasteiger partial charge in [0.15, 0.2) is 0 Å². The molecule has 0 fully saturated rings. The van der Waals surface area contributed by atoms with Crippen molar-refractivity contribution in [2.24, 2.45) is 0 Å². The first-order valence-corrected chi connectivity index (χ1v) is 9.39. The van der Waals surface area contributed by atoms with Crippen LogP contribution < -0.4 is 4.74 Å². The van der Waals surface area contributed by atoms with Crippen LogP contribution in [-0.2, 0) is 16.1 Å². The van der Waals surface area contributed by atoms with Crippen LogP contribution in [0.25, 0.3) is 0 Å². The monoisotopic (exact) mass is 391 g/mol. The summed E-state index contributed by atoms with van der Waals surface area (Å²) >= 11 is 0. The number of aryl methyl sites for hydroxylation is 1. The van der Waals surface area contributed by atoms with Gasteiger partial charge in [0.1, 0.15) is 17.0 Å². The predicted octanol–water partition coefficient (Wildman–Crippen LogP) is 3.01. The maximum atomic E-state index is 11.4. The lowest BCUT2D eigenvalue weighted by Gasteiger charge is -2.52. The number of hydrogen-bond donors (Lipinski definition) is 2. The van der Waals surface area contributed by atoms with Crippen molar-refractivity contribution in [1.29, 1.82) is 0 Å². The van der Waals surface area contributed by atoms with E-state index in [1.165, 1.54) is 0 Å². The first kappa shape index (κ1) is 20.1. The van der Waals surface area contributed by atoms with Gasteiger partial charge in [-0.15, -0.1) is 10.1 Å². The fourth-order valence-electron chi connectivity index (χ4n) is 4.12. The van der Waals surface area contributed by atoms with E-state index in [4.69, 9.17) is 4.74 Å². The van der Waals surface area contributed by atoms with Gasteiger partial charge in [0.05, 0.1) is 6.61 Å². The number of aliphatic carboxylic acids is 1. The van der Waals surface area contributed by atoms with E-state index in [0.717, 1.165) is 17.5 Å². The van der Waals surface area contributed by atoms with Gasteiger partial charge in [-0.25, -0.2) is 4.79 Å². The number of carboxylic acid groups (broad SMARTS) is 1. The van der Waals surface area contributed by atoms with Gasteiger partial charge in [0, 0.05) is 17.1 Å². The highest BCUT2D eigenvalue weighted by Crippen LogP contribution is 2.53. The molecule has 0 bridgehead atoms. The molecule has 0 spiro atoms. The summed E-state index contributed by atoms with van der Waals surface area (Å²) in [5.41, 5.74) is 0.0530. The molecule has 0 unspecified atom stereocenters. The van der Waals surface area contributed by atoms with Crippen molar-refractivity contribution < 1.29 is 29.7 Å². The predicted molar refractivity (Wildman–Crippen MR) is 99.7 cm³/mol. The SMILES string of the molecule is CC1(C)Oc2cc(CCCCO[N+](=O)[O-])ccc2[C@H]2C=C(C(=O)O)CC[C@@]21O. The third-order valence-corrected chi connectivity index (χ3v) is 5.81. The van der Waals surface area contributed by atoms with Crippen LogP contribution in [0.5, 0.6) is 5.75 Å². The van der Waals surface area contributed by atoms with Crippen molar-refractivity contribution in [1.82, 2.24) is 0 Å². The Labute approximate surface area is 162 Å². The maximum Gasteiger partial charge on any atom is 0.331 e. The highest BCUT2D eigenvalue weighted by molar-refractivity contribution is 5.87.